The maximum atomic E-state index is 11.6. The first-order chi connectivity index (χ1) is 8.12. The van der Waals surface area contributed by atoms with Crippen molar-refractivity contribution in [3.05, 3.63) is 29.8 Å². The second-order valence-corrected chi connectivity index (χ2v) is 4.70. The molecule has 1 N–H and O–H groups in total. The molecule has 2 rings (SSSR count). The van der Waals surface area contributed by atoms with Gasteiger partial charge in [-0.25, -0.2) is 0 Å². The van der Waals surface area contributed by atoms with Gasteiger partial charge in [-0.2, -0.15) is 0 Å². The highest BCUT2D eigenvalue weighted by atomic mass is 16.5. The fourth-order valence-electron chi connectivity index (χ4n) is 2.78. The molecule has 1 fully saturated rings. The van der Waals surface area contributed by atoms with Gasteiger partial charge in [0.1, 0.15) is 5.75 Å². The molecule has 2 atom stereocenters. The summed E-state index contributed by atoms with van der Waals surface area (Å²) in [5, 5.41) is 3.02. The van der Waals surface area contributed by atoms with Crippen LogP contribution in [0.25, 0.3) is 0 Å². The largest absolute Gasteiger partial charge is 0.497 e. The Morgan fingerprint density at radius 1 is 1.41 bits per heavy atom. The Hall–Kier alpha value is -1.51. The minimum Gasteiger partial charge on any atom is -0.497 e. The van der Waals surface area contributed by atoms with Crippen LogP contribution in [0.15, 0.2) is 24.3 Å². The Balaban J connectivity index is 2.37. The number of carbonyl (C=O) groups excluding carboxylic acids is 1. The summed E-state index contributed by atoms with van der Waals surface area (Å²) in [6, 6.07) is 8.25. The average molecular weight is 233 g/mol. The predicted molar refractivity (Wildman–Crippen MR) is 67.2 cm³/mol. The predicted octanol–water partition coefficient (Wildman–Crippen LogP) is 2.25. The monoisotopic (exact) mass is 233 g/mol. The van der Waals surface area contributed by atoms with Gasteiger partial charge >= 0.3 is 0 Å². The van der Waals surface area contributed by atoms with Crippen molar-refractivity contribution in [3.8, 4) is 5.75 Å². The van der Waals surface area contributed by atoms with E-state index in [4.69, 9.17) is 4.74 Å². The Morgan fingerprint density at radius 2 is 2.06 bits per heavy atom. The van der Waals surface area contributed by atoms with Gasteiger partial charge < -0.3 is 10.1 Å². The number of amides is 1. The van der Waals surface area contributed by atoms with Gasteiger partial charge in [0.2, 0.25) is 5.91 Å². The van der Waals surface area contributed by atoms with Crippen molar-refractivity contribution in [1.29, 1.82) is 0 Å². The quantitative estimate of drug-likeness (QED) is 0.869. The summed E-state index contributed by atoms with van der Waals surface area (Å²) in [5.74, 6) is 1.00. The Bertz CT molecular complexity index is 413. The molecule has 0 aromatic heterocycles. The molecule has 1 amide bonds. The number of carbonyl (C=O) groups is 1. The van der Waals surface area contributed by atoms with Crippen molar-refractivity contribution in [2.75, 3.05) is 7.11 Å². The van der Waals surface area contributed by atoms with Gasteiger partial charge in [0.15, 0.2) is 0 Å². The third-order valence-electron chi connectivity index (χ3n) is 3.98. The summed E-state index contributed by atoms with van der Waals surface area (Å²) < 4.78 is 5.16. The van der Waals surface area contributed by atoms with E-state index in [0.717, 1.165) is 12.2 Å². The first-order valence-corrected chi connectivity index (χ1v) is 6.06. The maximum absolute atomic E-state index is 11.6. The summed E-state index contributed by atoms with van der Waals surface area (Å²) in [7, 11) is 1.66. The topological polar surface area (TPSA) is 38.3 Å². The summed E-state index contributed by atoms with van der Waals surface area (Å²) in [6.45, 7) is 4.22. The van der Waals surface area contributed by atoms with Gasteiger partial charge in [0, 0.05) is 17.9 Å². The first-order valence-electron chi connectivity index (χ1n) is 6.06. The van der Waals surface area contributed by atoms with Crippen LogP contribution in [0.4, 0.5) is 0 Å². The van der Waals surface area contributed by atoms with E-state index >= 15 is 0 Å². The number of benzene rings is 1. The van der Waals surface area contributed by atoms with Crippen LogP contribution < -0.4 is 10.1 Å². The highest BCUT2D eigenvalue weighted by molar-refractivity contribution is 5.81. The Kier molecular flexibility index (Phi) is 3.09. The molecule has 3 heteroatoms. The molecule has 1 aliphatic rings. The van der Waals surface area contributed by atoms with Crippen molar-refractivity contribution in [2.45, 2.75) is 38.1 Å². The van der Waals surface area contributed by atoms with Crippen LogP contribution in [0.5, 0.6) is 5.75 Å². The van der Waals surface area contributed by atoms with Crippen molar-refractivity contribution >= 4 is 5.91 Å². The highest BCUT2D eigenvalue weighted by Crippen LogP contribution is 2.39. The molecular formula is C14H19NO2. The van der Waals surface area contributed by atoms with E-state index in [9.17, 15) is 4.79 Å². The second-order valence-electron chi connectivity index (χ2n) is 4.70. The smallest absolute Gasteiger partial charge is 0.221 e. The molecule has 3 nitrogen and oxygen atoms in total. The third-order valence-corrected chi connectivity index (χ3v) is 3.98. The molecule has 0 bridgehead atoms. The molecule has 0 radical (unpaired) electrons. The number of rotatable bonds is 3. The van der Waals surface area contributed by atoms with Gasteiger partial charge in [-0.15, -0.1) is 0 Å². The highest BCUT2D eigenvalue weighted by Gasteiger charge is 2.44. The van der Waals surface area contributed by atoms with Gasteiger partial charge in [-0.05, 0) is 31.0 Å². The molecule has 0 saturated carbocycles. The van der Waals surface area contributed by atoms with Gasteiger partial charge in [0.25, 0.3) is 0 Å². The standard InChI is InChI=1S/C14H19NO2/c1-4-14(9-13(16)15-10(14)2)11-5-7-12(17-3)8-6-11/h5-8,10H,4,9H2,1-3H3,(H,15,16). The van der Waals surface area contributed by atoms with Crippen LogP contribution in [0, 0.1) is 0 Å². The Morgan fingerprint density at radius 3 is 2.47 bits per heavy atom. The molecule has 1 aliphatic heterocycles. The first kappa shape index (κ1) is 12.0. The fourth-order valence-corrected chi connectivity index (χ4v) is 2.78. The van der Waals surface area contributed by atoms with Crippen molar-refractivity contribution in [1.82, 2.24) is 5.32 Å². The SMILES string of the molecule is CCC1(c2ccc(OC)cc2)CC(=O)NC1C. The molecule has 1 heterocycles. The zero-order valence-corrected chi connectivity index (χ0v) is 10.6. The fraction of sp³-hybridized carbons (Fsp3) is 0.500. The second kappa shape index (κ2) is 4.40. The molecule has 1 aromatic rings. The molecule has 17 heavy (non-hydrogen) atoms. The average Bonchev–Trinajstić information content (AvgIpc) is 2.65. The van der Waals surface area contributed by atoms with E-state index in [-0.39, 0.29) is 17.4 Å². The van der Waals surface area contributed by atoms with E-state index in [2.05, 4.69) is 31.3 Å². The van der Waals surface area contributed by atoms with E-state index < -0.39 is 0 Å². The lowest BCUT2D eigenvalue weighted by molar-refractivity contribution is -0.119. The van der Waals surface area contributed by atoms with Crippen LogP contribution in [0.2, 0.25) is 0 Å². The lowest BCUT2D eigenvalue weighted by Crippen LogP contribution is -2.37. The van der Waals surface area contributed by atoms with E-state index in [1.165, 1.54) is 5.56 Å². The van der Waals surface area contributed by atoms with Crippen molar-refractivity contribution < 1.29 is 9.53 Å². The van der Waals surface area contributed by atoms with Crippen molar-refractivity contribution in [2.24, 2.45) is 0 Å². The number of hydrogen-bond donors (Lipinski definition) is 1. The molecule has 2 unspecified atom stereocenters. The van der Waals surface area contributed by atoms with Gasteiger partial charge in [-0.1, -0.05) is 19.1 Å². The number of ether oxygens (including phenoxy) is 1. The molecule has 0 aliphatic carbocycles. The Labute approximate surface area is 102 Å². The maximum Gasteiger partial charge on any atom is 0.221 e. The summed E-state index contributed by atoms with van der Waals surface area (Å²) >= 11 is 0. The van der Waals surface area contributed by atoms with Crippen LogP contribution in [-0.4, -0.2) is 19.1 Å². The molecule has 92 valence electrons. The third kappa shape index (κ3) is 1.90. The zero-order valence-electron chi connectivity index (χ0n) is 10.6. The lowest BCUT2D eigenvalue weighted by atomic mass is 9.73. The number of hydrogen-bond acceptors (Lipinski definition) is 2. The summed E-state index contributed by atoms with van der Waals surface area (Å²) in [5.41, 5.74) is 1.15. The van der Waals surface area contributed by atoms with Crippen LogP contribution in [0.3, 0.4) is 0 Å². The van der Waals surface area contributed by atoms with Crippen LogP contribution in [0.1, 0.15) is 32.3 Å². The zero-order chi connectivity index (χ0) is 12.5. The molecular weight excluding hydrogens is 214 g/mol. The summed E-state index contributed by atoms with van der Waals surface area (Å²) in [6.07, 6.45) is 1.54. The van der Waals surface area contributed by atoms with Crippen molar-refractivity contribution in [3.63, 3.8) is 0 Å². The summed E-state index contributed by atoms with van der Waals surface area (Å²) in [4.78, 5) is 11.6. The van der Waals surface area contributed by atoms with Gasteiger partial charge in [0.05, 0.1) is 7.11 Å². The van der Waals surface area contributed by atoms with E-state index in [1.807, 2.05) is 12.1 Å². The normalized spacial score (nSPS) is 27.9. The minimum atomic E-state index is -0.0661. The molecule has 1 aromatic carbocycles. The van der Waals surface area contributed by atoms with Crippen LogP contribution >= 0.6 is 0 Å². The lowest BCUT2D eigenvalue weighted by Gasteiger charge is -2.31. The van der Waals surface area contributed by atoms with E-state index in [1.54, 1.807) is 7.11 Å². The molecule has 0 spiro atoms. The van der Waals surface area contributed by atoms with E-state index in [0.29, 0.717) is 6.42 Å². The number of nitrogens with one attached hydrogen (secondary N) is 1. The number of methoxy groups -OCH3 is 1. The van der Waals surface area contributed by atoms with Gasteiger partial charge in [-0.3, -0.25) is 4.79 Å². The molecule has 1 saturated heterocycles. The minimum absolute atomic E-state index is 0.0661. The van der Waals surface area contributed by atoms with Crippen LogP contribution in [-0.2, 0) is 10.2 Å².